The summed E-state index contributed by atoms with van der Waals surface area (Å²) in [6.45, 7) is 0. The number of amides is 1. The van der Waals surface area contributed by atoms with Gasteiger partial charge in [-0.25, -0.2) is 0 Å². The molecule has 1 aromatic heterocycles. The third-order valence-electron chi connectivity index (χ3n) is 2.84. The number of aromatic nitrogens is 1. The number of anilines is 1. The van der Waals surface area contributed by atoms with E-state index in [-0.39, 0.29) is 17.3 Å². The number of oxazole rings is 1. The molecule has 2 aromatic carbocycles. The lowest BCUT2D eigenvalue weighted by atomic mass is 10.2. The third kappa shape index (κ3) is 2.97. The average Bonchev–Trinajstić information content (AvgIpc) is 2.83. The maximum absolute atomic E-state index is 12.2. The molecule has 0 fully saturated rings. The minimum Gasteiger partial charge on any atom is -0.506 e. The van der Waals surface area contributed by atoms with Gasteiger partial charge in [0.2, 0.25) is 0 Å². The number of rotatable bonds is 2. The van der Waals surface area contributed by atoms with Crippen LogP contribution >= 0.6 is 43.5 Å². The summed E-state index contributed by atoms with van der Waals surface area (Å²) in [6, 6.07) is 8.11. The maximum Gasteiger partial charge on any atom is 0.302 e. The number of nitrogens with one attached hydrogen (secondary N) is 1. The Balaban J connectivity index is 1.93. The van der Waals surface area contributed by atoms with Crippen LogP contribution in [0.15, 0.2) is 43.7 Å². The molecule has 0 radical (unpaired) electrons. The summed E-state index contributed by atoms with van der Waals surface area (Å²) in [5.74, 6) is -0.711. The van der Waals surface area contributed by atoms with E-state index in [9.17, 15) is 9.90 Å². The second-order valence-corrected chi connectivity index (χ2v) is 6.58. The predicted molar refractivity (Wildman–Crippen MR) is 90.5 cm³/mol. The summed E-state index contributed by atoms with van der Waals surface area (Å²) in [5.41, 5.74) is 1.11. The van der Waals surface area contributed by atoms with E-state index in [4.69, 9.17) is 16.0 Å². The Morgan fingerprint density at radius 2 is 2.05 bits per heavy atom. The molecule has 1 amide bonds. The number of carbonyl (C=O) groups is 1. The molecule has 0 aliphatic heterocycles. The molecule has 22 heavy (non-hydrogen) atoms. The summed E-state index contributed by atoms with van der Waals surface area (Å²) in [4.78, 5) is 16.4. The van der Waals surface area contributed by atoms with Gasteiger partial charge in [-0.2, -0.15) is 4.98 Å². The number of phenolic OH excluding ortho intramolecular Hbond substituents is 1. The largest absolute Gasteiger partial charge is 0.506 e. The highest BCUT2D eigenvalue weighted by Gasteiger charge is 2.17. The molecule has 112 valence electrons. The van der Waals surface area contributed by atoms with Crippen molar-refractivity contribution in [2.24, 2.45) is 0 Å². The number of hydrogen-bond donors (Lipinski definition) is 2. The molecule has 3 aromatic rings. The number of fused-ring (bicyclic) bond motifs is 1. The van der Waals surface area contributed by atoms with Crippen LogP contribution < -0.4 is 5.32 Å². The fourth-order valence-corrected chi connectivity index (χ4v) is 3.25. The van der Waals surface area contributed by atoms with E-state index in [0.29, 0.717) is 25.1 Å². The second-order valence-electron chi connectivity index (χ2n) is 4.37. The summed E-state index contributed by atoms with van der Waals surface area (Å²) in [6.07, 6.45) is 0. The zero-order valence-electron chi connectivity index (χ0n) is 10.7. The van der Waals surface area contributed by atoms with Crippen molar-refractivity contribution in [2.45, 2.75) is 0 Å². The fourth-order valence-electron chi connectivity index (χ4n) is 1.86. The first-order valence-corrected chi connectivity index (χ1v) is 7.96. The number of halogens is 3. The number of aromatic hydroxyl groups is 1. The van der Waals surface area contributed by atoms with E-state index in [1.165, 1.54) is 6.07 Å². The van der Waals surface area contributed by atoms with E-state index >= 15 is 0 Å². The molecule has 1 heterocycles. The van der Waals surface area contributed by atoms with Crippen molar-refractivity contribution in [3.8, 4) is 5.75 Å². The first-order valence-electron chi connectivity index (χ1n) is 5.99. The topological polar surface area (TPSA) is 75.4 Å². The standard InChI is InChI=1S/C14H7Br2ClN2O3/c15-6-3-8(12(20)9(16)4-6)13(21)19-14-18-10-5-7(17)1-2-11(10)22-14/h1-5,20H,(H,18,19,21). The highest BCUT2D eigenvalue weighted by molar-refractivity contribution is 9.11. The summed E-state index contributed by atoms with van der Waals surface area (Å²) in [7, 11) is 0. The van der Waals surface area contributed by atoms with E-state index < -0.39 is 5.91 Å². The van der Waals surface area contributed by atoms with Gasteiger partial charge in [-0.1, -0.05) is 27.5 Å². The van der Waals surface area contributed by atoms with Crippen LogP contribution in [0.25, 0.3) is 11.1 Å². The molecule has 0 aliphatic carbocycles. The van der Waals surface area contributed by atoms with Crippen LogP contribution in [-0.4, -0.2) is 16.0 Å². The molecule has 8 heteroatoms. The average molecular weight is 446 g/mol. The Morgan fingerprint density at radius 1 is 1.27 bits per heavy atom. The monoisotopic (exact) mass is 444 g/mol. The molecule has 0 atom stereocenters. The zero-order valence-corrected chi connectivity index (χ0v) is 14.7. The van der Waals surface area contributed by atoms with Gasteiger partial charge in [-0.15, -0.1) is 0 Å². The Bertz CT molecular complexity index is 895. The lowest BCUT2D eigenvalue weighted by Gasteiger charge is -2.06. The number of benzene rings is 2. The minimum absolute atomic E-state index is 0.0257. The van der Waals surface area contributed by atoms with Crippen molar-refractivity contribution in [3.63, 3.8) is 0 Å². The van der Waals surface area contributed by atoms with Gasteiger partial charge in [0, 0.05) is 9.50 Å². The van der Waals surface area contributed by atoms with Gasteiger partial charge in [0.25, 0.3) is 5.91 Å². The molecular weight excluding hydrogens is 439 g/mol. The van der Waals surface area contributed by atoms with E-state index in [1.807, 2.05) is 0 Å². The fraction of sp³-hybridized carbons (Fsp3) is 0. The molecule has 3 rings (SSSR count). The maximum atomic E-state index is 12.2. The Kier molecular flexibility index (Phi) is 4.12. The van der Waals surface area contributed by atoms with Crippen molar-refractivity contribution >= 4 is 66.5 Å². The van der Waals surface area contributed by atoms with Crippen LogP contribution in [0.5, 0.6) is 5.75 Å². The van der Waals surface area contributed by atoms with Crippen molar-refractivity contribution in [1.29, 1.82) is 0 Å². The molecular formula is C14H7Br2ClN2O3. The highest BCUT2D eigenvalue weighted by Crippen LogP contribution is 2.32. The number of nitrogens with zero attached hydrogens (tertiary/aromatic N) is 1. The van der Waals surface area contributed by atoms with Crippen LogP contribution in [-0.2, 0) is 0 Å². The van der Waals surface area contributed by atoms with Crippen molar-refractivity contribution < 1.29 is 14.3 Å². The summed E-state index contributed by atoms with van der Waals surface area (Å²) >= 11 is 12.3. The van der Waals surface area contributed by atoms with Gasteiger partial charge >= 0.3 is 6.01 Å². The molecule has 0 bridgehead atoms. The first-order chi connectivity index (χ1) is 10.4. The number of carbonyl (C=O) groups excluding carboxylic acids is 1. The van der Waals surface area contributed by atoms with Gasteiger partial charge in [0.1, 0.15) is 11.3 Å². The molecule has 0 saturated heterocycles. The van der Waals surface area contributed by atoms with Crippen molar-refractivity contribution in [2.75, 3.05) is 5.32 Å². The van der Waals surface area contributed by atoms with Gasteiger partial charge in [0.15, 0.2) is 5.58 Å². The number of phenols is 1. The van der Waals surface area contributed by atoms with Crippen LogP contribution in [0, 0.1) is 0 Å². The van der Waals surface area contributed by atoms with Crippen LogP contribution in [0.1, 0.15) is 10.4 Å². The smallest absolute Gasteiger partial charge is 0.302 e. The van der Waals surface area contributed by atoms with E-state index in [0.717, 1.165) is 0 Å². The van der Waals surface area contributed by atoms with Gasteiger partial charge < -0.3 is 9.52 Å². The number of hydrogen-bond acceptors (Lipinski definition) is 4. The highest BCUT2D eigenvalue weighted by atomic mass is 79.9. The quantitative estimate of drug-likeness (QED) is 0.583. The zero-order chi connectivity index (χ0) is 15.9. The predicted octanol–water partition coefficient (Wildman–Crippen LogP) is 4.96. The first kappa shape index (κ1) is 15.3. The lowest BCUT2D eigenvalue weighted by molar-refractivity contribution is 0.102. The van der Waals surface area contributed by atoms with Crippen LogP contribution in [0.3, 0.4) is 0 Å². The lowest BCUT2D eigenvalue weighted by Crippen LogP contribution is -2.12. The van der Waals surface area contributed by atoms with Crippen molar-refractivity contribution in [3.05, 3.63) is 49.9 Å². The molecule has 0 aliphatic rings. The normalized spacial score (nSPS) is 10.9. The summed E-state index contributed by atoms with van der Waals surface area (Å²) in [5, 5.41) is 13.0. The van der Waals surface area contributed by atoms with Crippen molar-refractivity contribution in [1.82, 2.24) is 4.98 Å². The van der Waals surface area contributed by atoms with E-state index in [1.54, 1.807) is 24.3 Å². The molecule has 0 unspecified atom stereocenters. The summed E-state index contributed by atoms with van der Waals surface area (Å²) < 4.78 is 6.45. The molecule has 0 saturated carbocycles. The second kappa shape index (κ2) is 5.91. The SMILES string of the molecule is O=C(Nc1nc2cc(Cl)ccc2o1)c1cc(Br)cc(Br)c1O. The Hall–Kier alpha value is -1.57. The van der Waals surface area contributed by atoms with E-state index in [2.05, 4.69) is 42.2 Å². The molecule has 0 spiro atoms. The molecule has 2 N–H and O–H groups in total. The molecule has 5 nitrogen and oxygen atoms in total. The minimum atomic E-state index is -0.544. The third-order valence-corrected chi connectivity index (χ3v) is 4.14. The van der Waals surface area contributed by atoms with Gasteiger partial charge in [0.05, 0.1) is 10.0 Å². The van der Waals surface area contributed by atoms with Crippen LogP contribution in [0.4, 0.5) is 6.01 Å². The Morgan fingerprint density at radius 3 is 2.82 bits per heavy atom. The van der Waals surface area contributed by atoms with Gasteiger partial charge in [-0.05, 0) is 46.3 Å². The Labute approximate surface area is 146 Å². The van der Waals surface area contributed by atoms with Crippen LogP contribution in [0.2, 0.25) is 5.02 Å². The van der Waals surface area contributed by atoms with Gasteiger partial charge in [-0.3, -0.25) is 10.1 Å².